The van der Waals surface area contributed by atoms with Gasteiger partial charge in [0.15, 0.2) is 0 Å². The van der Waals surface area contributed by atoms with Gasteiger partial charge in [-0.1, -0.05) is 53.5 Å². The fraction of sp³-hybridized carbons (Fsp3) is 0.188. The summed E-state index contributed by atoms with van der Waals surface area (Å²) < 4.78 is 10.9. The number of nitrogens with one attached hydrogen (secondary N) is 2. The van der Waals surface area contributed by atoms with E-state index in [-0.39, 0.29) is 49.0 Å². The van der Waals surface area contributed by atoms with Crippen LogP contribution >= 0.6 is 35.6 Å². The molecule has 230 valence electrons. The quantitative estimate of drug-likeness (QED) is 0.185. The Hall–Kier alpha value is -4.15. The summed E-state index contributed by atoms with van der Waals surface area (Å²) in [5.74, 6) is -0.515. The third-order valence-electron chi connectivity index (χ3n) is 6.41. The van der Waals surface area contributed by atoms with Gasteiger partial charge in [0.05, 0.1) is 17.3 Å². The van der Waals surface area contributed by atoms with Gasteiger partial charge in [0.25, 0.3) is 0 Å². The number of halogens is 3. The number of hydrogen-bond acceptors (Lipinski definition) is 6. The molecule has 0 bridgehead atoms. The Kier molecular flexibility index (Phi) is 12.5. The van der Waals surface area contributed by atoms with Crippen molar-refractivity contribution in [3.05, 3.63) is 99.7 Å². The second kappa shape index (κ2) is 16.1. The number of aromatic nitrogens is 1. The number of anilines is 2. The standard InChI is InChI=1S/C32H30Cl2N4O5.ClH/c1-20-7-11-22-5-4-6-27(32(22)36-20)43-18-24-25(33)14-15-26(31(24)34)38(2)30(41)17-35-28(39)16-10-21-8-12-23(13-9-21)37-29(40)19-42-3;/h4-16H,17-19H2,1-3H3,(H,35,39)(H,37,40);1H. The lowest BCUT2D eigenvalue weighted by atomic mass is 10.1. The molecule has 44 heavy (non-hydrogen) atoms. The van der Waals surface area contributed by atoms with Crippen LogP contribution in [-0.4, -0.2) is 50.0 Å². The van der Waals surface area contributed by atoms with E-state index >= 15 is 0 Å². The fourth-order valence-corrected chi connectivity index (χ4v) is 4.72. The third-order valence-corrected chi connectivity index (χ3v) is 7.18. The van der Waals surface area contributed by atoms with Gasteiger partial charge < -0.3 is 25.0 Å². The fourth-order valence-electron chi connectivity index (χ4n) is 4.11. The molecule has 0 fully saturated rings. The van der Waals surface area contributed by atoms with Gasteiger partial charge in [0.2, 0.25) is 17.7 Å². The number of aryl methyl sites for hydroxylation is 1. The molecule has 4 aromatic rings. The molecule has 9 nitrogen and oxygen atoms in total. The summed E-state index contributed by atoms with van der Waals surface area (Å²) in [6.07, 6.45) is 2.92. The van der Waals surface area contributed by atoms with E-state index in [1.807, 2.05) is 37.3 Å². The lowest BCUT2D eigenvalue weighted by molar-refractivity contribution is -0.122. The van der Waals surface area contributed by atoms with Crippen molar-refractivity contribution in [3.8, 4) is 5.75 Å². The molecule has 12 heteroatoms. The van der Waals surface area contributed by atoms with E-state index in [2.05, 4.69) is 15.6 Å². The topological polar surface area (TPSA) is 110 Å². The molecule has 0 spiro atoms. The van der Waals surface area contributed by atoms with Gasteiger partial charge in [0.1, 0.15) is 24.5 Å². The van der Waals surface area contributed by atoms with E-state index in [1.54, 1.807) is 49.5 Å². The Bertz CT molecular complexity index is 1680. The zero-order chi connectivity index (χ0) is 30.9. The van der Waals surface area contributed by atoms with Crippen molar-refractivity contribution >= 4 is 81.7 Å². The zero-order valence-corrected chi connectivity index (χ0v) is 26.6. The van der Waals surface area contributed by atoms with Gasteiger partial charge in [-0.15, -0.1) is 12.4 Å². The van der Waals surface area contributed by atoms with Gasteiger partial charge in [-0.3, -0.25) is 14.4 Å². The van der Waals surface area contributed by atoms with Crippen molar-refractivity contribution in [1.82, 2.24) is 10.3 Å². The molecule has 0 aliphatic heterocycles. The summed E-state index contributed by atoms with van der Waals surface area (Å²) in [4.78, 5) is 42.8. The predicted molar refractivity (Wildman–Crippen MR) is 177 cm³/mol. The van der Waals surface area contributed by atoms with Crippen LogP contribution < -0.4 is 20.3 Å². The Morgan fingerprint density at radius 2 is 1.75 bits per heavy atom. The van der Waals surface area contributed by atoms with E-state index < -0.39 is 5.91 Å². The Balaban J connectivity index is 0.00000529. The van der Waals surface area contributed by atoms with Crippen LogP contribution in [-0.2, 0) is 25.7 Å². The molecular weight excluding hydrogens is 627 g/mol. The maximum Gasteiger partial charge on any atom is 0.250 e. The molecule has 1 heterocycles. The number of ether oxygens (including phenoxy) is 2. The number of rotatable bonds is 11. The summed E-state index contributed by atoms with van der Waals surface area (Å²) in [7, 11) is 3.00. The number of methoxy groups -OCH3 is 1. The Morgan fingerprint density at radius 3 is 2.48 bits per heavy atom. The second-order valence-electron chi connectivity index (χ2n) is 9.54. The van der Waals surface area contributed by atoms with Gasteiger partial charge >= 0.3 is 0 Å². The van der Waals surface area contributed by atoms with Crippen molar-refractivity contribution in [3.63, 3.8) is 0 Å². The normalized spacial score (nSPS) is 10.8. The molecule has 3 aromatic carbocycles. The lowest BCUT2D eigenvalue weighted by Crippen LogP contribution is -2.37. The largest absolute Gasteiger partial charge is 0.487 e. The first-order valence-corrected chi connectivity index (χ1v) is 14.0. The first kappa shape index (κ1) is 34.3. The average Bonchev–Trinajstić information content (AvgIpc) is 2.99. The van der Waals surface area contributed by atoms with Gasteiger partial charge in [-0.2, -0.15) is 0 Å². The number of fused-ring (bicyclic) bond motifs is 1. The number of likely N-dealkylation sites (N-methyl/N-ethyl adjacent to an activating group) is 1. The molecule has 0 unspecified atom stereocenters. The minimum atomic E-state index is -0.450. The van der Waals surface area contributed by atoms with Crippen molar-refractivity contribution < 1.29 is 23.9 Å². The number of carbonyl (C=O) groups excluding carboxylic acids is 3. The molecule has 2 N–H and O–H groups in total. The predicted octanol–water partition coefficient (Wildman–Crippen LogP) is 6.23. The maximum absolute atomic E-state index is 12.9. The van der Waals surface area contributed by atoms with Crippen molar-refractivity contribution in [2.45, 2.75) is 13.5 Å². The van der Waals surface area contributed by atoms with E-state index in [4.69, 9.17) is 32.7 Å². The van der Waals surface area contributed by atoms with E-state index in [0.717, 1.165) is 22.2 Å². The summed E-state index contributed by atoms with van der Waals surface area (Å²) in [5, 5.41) is 6.87. The summed E-state index contributed by atoms with van der Waals surface area (Å²) in [6.45, 7) is 1.67. The molecule has 1 aromatic heterocycles. The van der Waals surface area contributed by atoms with Gasteiger partial charge in [0, 0.05) is 47.6 Å². The van der Waals surface area contributed by atoms with Crippen molar-refractivity contribution in [2.24, 2.45) is 0 Å². The molecule has 0 radical (unpaired) electrons. The van der Waals surface area contributed by atoms with Crippen LogP contribution in [0.25, 0.3) is 17.0 Å². The molecule has 0 aliphatic rings. The summed E-state index contributed by atoms with van der Waals surface area (Å²) in [6, 6.07) is 19.8. The van der Waals surface area contributed by atoms with Crippen LogP contribution in [0.1, 0.15) is 16.8 Å². The van der Waals surface area contributed by atoms with Crippen LogP contribution in [0.3, 0.4) is 0 Å². The molecule has 0 aliphatic carbocycles. The number of benzene rings is 3. The molecular formula is C32H31Cl3N4O5. The first-order chi connectivity index (χ1) is 20.7. The number of carbonyl (C=O) groups is 3. The molecule has 4 rings (SSSR count). The van der Waals surface area contributed by atoms with E-state index in [1.165, 1.54) is 18.1 Å². The Morgan fingerprint density at radius 1 is 1.00 bits per heavy atom. The minimum Gasteiger partial charge on any atom is -0.487 e. The molecule has 0 saturated carbocycles. The number of para-hydroxylation sites is 1. The number of pyridine rings is 1. The monoisotopic (exact) mass is 656 g/mol. The lowest BCUT2D eigenvalue weighted by Gasteiger charge is -2.21. The van der Waals surface area contributed by atoms with E-state index in [0.29, 0.717) is 27.7 Å². The van der Waals surface area contributed by atoms with E-state index in [9.17, 15) is 14.4 Å². The maximum atomic E-state index is 12.9. The summed E-state index contributed by atoms with van der Waals surface area (Å²) >= 11 is 13.2. The molecule has 3 amide bonds. The highest BCUT2D eigenvalue weighted by molar-refractivity contribution is 6.38. The average molecular weight is 658 g/mol. The number of hydrogen-bond donors (Lipinski definition) is 2. The SMILES string of the molecule is COCC(=O)Nc1ccc(C=CC(=O)NCC(=O)N(C)c2ccc(Cl)c(COc3cccc4ccc(C)nc34)c2Cl)cc1.Cl. The van der Waals surface area contributed by atoms with Crippen LogP contribution in [0, 0.1) is 6.92 Å². The Labute approximate surface area is 271 Å². The zero-order valence-electron chi connectivity index (χ0n) is 24.2. The summed E-state index contributed by atoms with van der Waals surface area (Å²) in [5.41, 5.74) is 3.87. The van der Waals surface area contributed by atoms with Gasteiger partial charge in [-0.25, -0.2) is 4.98 Å². The van der Waals surface area contributed by atoms with Crippen LogP contribution in [0.5, 0.6) is 5.75 Å². The third kappa shape index (κ3) is 8.93. The molecule has 0 atom stereocenters. The van der Waals surface area contributed by atoms with Crippen LogP contribution in [0.15, 0.2) is 72.8 Å². The highest BCUT2D eigenvalue weighted by Gasteiger charge is 2.19. The van der Waals surface area contributed by atoms with Gasteiger partial charge in [-0.05, 0) is 55.0 Å². The smallest absolute Gasteiger partial charge is 0.250 e. The van der Waals surface area contributed by atoms with Crippen LogP contribution in [0.2, 0.25) is 10.0 Å². The number of amides is 3. The van der Waals surface area contributed by atoms with Crippen molar-refractivity contribution in [2.75, 3.05) is 37.5 Å². The molecule has 0 saturated heterocycles. The van der Waals surface area contributed by atoms with Crippen LogP contribution in [0.4, 0.5) is 11.4 Å². The number of nitrogens with zero attached hydrogens (tertiary/aromatic N) is 2. The highest BCUT2D eigenvalue weighted by Crippen LogP contribution is 2.35. The minimum absolute atomic E-state index is 0. The first-order valence-electron chi connectivity index (χ1n) is 13.2. The van der Waals surface area contributed by atoms with Crippen molar-refractivity contribution in [1.29, 1.82) is 0 Å². The second-order valence-corrected chi connectivity index (χ2v) is 10.3. The highest BCUT2D eigenvalue weighted by atomic mass is 35.5.